The molecule has 0 heterocycles. The van der Waals surface area contributed by atoms with Crippen LogP contribution in [0.2, 0.25) is 0 Å². The van der Waals surface area contributed by atoms with E-state index in [1.54, 1.807) is 0 Å². The number of benzene rings is 2. The highest BCUT2D eigenvalue weighted by atomic mass is 16.3. The van der Waals surface area contributed by atoms with Gasteiger partial charge in [-0.25, -0.2) is 0 Å². The minimum absolute atomic E-state index is 0.139. The summed E-state index contributed by atoms with van der Waals surface area (Å²) in [6.45, 7) is 1.47. The van der Waals surface area contributed by atoms with Crippen molar-refractivity contribution in [3.05, 3.63) is 71.3 Å². The fourth-order valence-electron chi connectivity index (χ4n) is 2.30. The number of hydrogen-bond donors (Lipinski definition) is 2. The average Bonchev–Trinajstić information content (AvgIpc) is 2.48. The Morgan fingerprint density at radius 3 is 2.35 bits per heavy atom. The van der Waals surface area contributed by atoms with Crippen LogP contribution in [0.25, 0.3) is 0 Å². The summed E-state index contributed by atoms with van der Waals surface area (Å²) in [5, 5.41) is 19.5. The Morgan fingerprint density at radius 1 is 1.00 bits per heavy atom. The lowest BCUT2D eigenvalue weighted by Crippen LogP contribution is -2.22. The minimum Gasteiger partial charge on any atom is -0.395 e. The van der Waals surface area contributed by atoms with Gasteiger partial charge in [0.25, 0.3) is 0 Å². The summed E-state index contributed by atoms with van der Waals surface area (Å²) < 4.78 is 0. The fourth-order valence-corrected chi connectivity index (χ4v) is 2.30. The molecule has 0 saturated heterocycles. The monoisotopic (exact) mass is 271 g/mol. The summed E-state index contributed by atoms with van der Waals surface area (Å²) in [6.07, 6.45) is -0.616. The summed E-state index contributed by atoms with van der Waals surface area (Å²) >= 11 is 0. The highest BCUT2D eigenvalue weighted by Crippen LogP contribution is 2.25. The van der Waals surface area contributed by atoms with Crippen molar-refractivity contribution in [2.75, 3.05) is 20.2 Å². The number of aliphatic hydroxyl groups excluding tert-OH is 2. The molecule has 20 heavy (non-hydrogen) atoms. The van der Waals surface area contributed by atoms with Crippen LogP contribution in [-0.4, -0.2) is 35.3 Å². The van der Waals surface area contributed by atoms with Crippen molar-refractivity contribution in [3.63, 3.8) is 0 Å². The molecule has 0 saturated carbocycles. The second-order valence-corrected chi connectivity index (χ2v) is 4.97. The van der Waals surface area contributed by atoms with Gasteiger partial charge in [0.15, 0.2) is 0 Å². The van der Waals surface area contributed by atoms with Crippen molar-refractivity contribution >= 4 is 0 Å². The zero-order valence-electron chi connectivity index (χ0n) is 11.7. The molecule has 106 valence electrons. The predicted octanol–water partition coefficient (Wildman–Crippen LogP) is 2.19. The molecule has 0 amide bonds. The zero-order valence-corrected chi connectivity index (χ0v) is 11.7. The summed E-state index contributed by atoms with van der Waals surface area (Å²) in [7, 11) is 1.96. The molecule has 1 atom stereocenters. The third-order valence-electron chi connectivity index (χ3n) is 3.39. The van der Waals surface area contributed by atoms with Crippen LogP contribution in [-0.2, 0) is 6.54 Å². The van der Waals surface area contributed by atoms with E-state index in [0.29, 0.717) is 13.1 Å². The third kappa shape index (κ3) is 3.67. The lowest BCUT2D eigenvalue weighted by Gasteiger charge is -2.20. The highest BCUT2D eigenvalue weighted by Gasteiger charge is 2.14. The van der Waals surface area contributed by atoms with Crippen LogP contribution in [0.1, 0.15) is 22.8 Å². The van der Waals surface area contributed by atoms with Crippen molar-refractivity contribution in [1.29, 1.82) is 0 Å². The van der Waals surface area contributed by atoms with E-state index in [9.17, 15) is 5.11 Å². The summed E-state index contributed by atoms with van der Waals surface area (Å²) in [5.41, 5.74) is 2.90. The van der Waals surface area contributed by atoms with Gasteiger partial charge in [-0.2, -0.15) is 0 Å². The van der Waals surface area contributed by atoms with Gasteiger partial charge in [-0.1, -0.05) is 54.6 Å². The molecule has 0 aliphatic rings. The van der Waals surface area contributed by atoms with Gasteiger partial charge in [0.1, 0.15) is 6.10 Å². The first-order valence-corrected chi connectivity index (χ1v) is 6.82. The Balaban J connectivity index is 2.23. The highest BCUT2D eigenvalue weighted by molar-refractivity contribution is 5.35. The van der Waals surface area contributed by atoms with E-state index >= 15 is 0 Å². The van der Waals surface area contributed by atoms with E-state index in [4.69, 9.17) is 5.11 Å². The van der Waals surface area contributed by atoms with Crippen LogP contribution in [0, 0.1) is 0 Å². The first-order chi connectivity index (χ1) is 9.72. The first-order valence-electron chi connectivity index (χ1n) is 6.82. The second-order valence-electron chi connectivity index (χ2n) is 4.97. The molecule has 0 bridgehead atoms. The molecular formula is C17H21NO2. The molecule has 0 radical (unpaired) electrons. The molecule has 0 fully saturated rings. The third-order valence-corrected chi connectivity index (χ3v) is 3.39. The fraction of sp³-hybridized carbons (Fsp3) is 0.294. The molecular weight excluding hydrogens is 250 g/mol. The smallest absolute Gasteiger partial charge is 0.104 e. The summed E-state index contributed by atoms with van der Waals surface area (Å²) in [6, 6.07) is 17.6. The van der Waals surface area contributed by atoms with Crippen LogP contribution < -0.4 is 0 Å². The largest absolute Gasteiger partial charge is 0.395 e. The van der Waals surface area contributed by atoms with Gasteiger partial charge in [-0.05, 0) is 23.7 Å². The molecule has 1 unspecified atom stereocenters. The van der Waals surface area contributed by atoms with Gasteiger partial charge in [0, 0.05) is 13.1 Å². The number of hydrogen-bond acceptors (Lipinski definition) is 3. The normalized spacial score (nSPS) is 12.6. The van der Waals surface area contributed by atoms with Gasteiger partial charge in [-0.3, -0.25) is 4.90 Å². The van der Waals surface area contributed by atoms with Crippen molar-refractivity contribution in [2.24, 2.45) is 0 Å². The van der Waals surface area contributed by atoms with Crippen LogP contribution in [0.15, 0.2) is 54.6 Å². The predicted molar refractivity (Wildman–Crippen MR) is 80.4 cm³/mol. The quantitative estimate of drug-likeness (QED) is 0.846. The lowest BCUT2D eigenvalue weighted by atomic mass is 9.96. The molecule has 0 aromatic heterocycles. The van der Waals surface area contributed by atoms with Gasteiger partial charge in [-0.15, -0.1) is 0 Å². The van der Waals surface area contributed by atoms with E-state index in [1.807, 2.05) is 66.5 Å². The Hall–Kier alpha value is -1.68. The van der Waals surface area contributed by atoms with E-state index in [1.165, 1.54) is 0 Å². The molecule has 0 aliphatic heterocycles. The Kier molecular flexibility index (Phi) is 5.30. The minimum atomic E-state index is -0.616. The van der Waals surface area contributed by atoms with Crippen molar-refractivity contribution in [2.45, 2.75) is 12.6 Å². The number of likely N-dealkylation sites (N-methyl/N-ethyl adjacent to an activating group) is 1. The van der Waals surface area contributed by atoms with E-state index in [0.717, 1.165) is 16.7 Å². The van der Waals surface area contributed by atoms with E-state index in [2.05, 4.69) is 0 Å². The number of nitrogens with zero attached hydrogens (tertiary/aromatic N) is 1. The first kappa shape index (κ1) is 14.7. The summed E-state index contributed by atoms with van der Waals surface area (Å²) in [5.74, 6) is 0. The van der Waals surface area contributed by atoms with Gasteiger partial charge < -0.3 is 10.2 Å². The maximum Gasteiger partial charge on any atom is 0.104 e. The topological polar surface area (TPSA) is 43.7 Å². The Morgan fingerprint density at radius 2 is 1.65 bits per heavy atom. The molecule has 3 heteroatoms. The second kappa shape index (κ2) is 7.20. The van der Waals surface area contributed by atoms with E-state index < -0.39 is 6.10 Å². The van der Waals surface area contributed by atoms with Gasteiger partial charge in [0.2, 0.25) is 0 Å². The van der Waals surface area contributed by atoms with Crippen LogP contribution in [0.3, 0.4) is 0 Å². The standard InChI is InChI=1S/C17H21NO2/c1-18(11-12-19)13-15-9-5-6-10-16(15)17(20)14-7-3-2-4-8-14/h2-10,17,19-20H,11-13H2,1H3. The van der Waals surface area contributed by atoms with Crippen LogP contribution in [0.4, 0.5) is 0 Å². The van der Waals surface area contributed by atoms with Crippen molar-refractivity contribution in [1.82, 2.24) is 4.90 Å². The van der Waals surface area contributed by atoms with Gasteiger partial charge >= 0.3 is 0 Å². The van der Waals surface area contributed by atoms with Crippen LogP contribution in [0.5, 0.6) is 0 Å². The molecule has 0 aliphatic carbocycles. The maximum atomic E-state index is 10.5. The molecule has 2 N–H and O–H groups in total. The molecule has 0 spiro atoms. The molecule has 3 nitrogen and oxygen atoms in total. The number of rotatable bonds is 6. The molecule has 2 rings (SSSR count). The van der Waals surface area contributed by atoms with Crippen molar-refractivity contribution < 1.29 is 10.2 Å². The van der Waals surface area contributed by atoms with Gasteiger partial charge in [0.05, 0.1) is 6.61 Å². The van der Waals surface area contributed by atoms with Crippen LogP contribution >= 0.6 is 0 Å². The SMILES string of the molecule is CN(CCO)Cc1ccccc1C(O)c1ccccc1. The Bertz CT molecular complexity index is 528. The van der Waals surface area contributed by atoms with E-state index in [-0.39, 0.29) is 6.61 Å². The zero-order chi connectivity index (χ0) is 14.4. The molecule has 2 aromatic rings. The van der Waals surface area contributed by atoms with Crippen molar-refractivity contribution in [3.8, 4) is 0 Å². The average molecular weight is 271 g/mol. The Labute approximate surface area is 120 Å². The molecule has 2 aromatic carbocycles. The lowest BCUT2D eigenvalue weighted by molar-refractivity contribution is 0.206. The maximum absolute atomic E-state index is 10.5. The number of aliphatic hydroxyl groups is 2. The summed E-state index contributed by atoms with van der Waals surface area (Å²) in [4.78, 5) is 2.04.